The largest absolute Gasteiger partial charge is 0.472 e. The lowest BCUT2D eigenvalue weighted by atomic mass is 9.92. The van der Waals surface area contributed by atoms with Gasteiger partial charge in [-0.3, -0.25) is 9.05 Å². The van der Waals surface area contributed by atoms with Gasteiger partial charge >= 0.3 is 7.82 Å². The lowest BCUT2D eigenvalue weighted by Crippen LogP contribution is -2.41. The van der Waals surface area contributed by atoms with Crippen molar-refractivity contribution in [3.63, 3.8) is 0 Å². The fourth-order valence-corrected chi connectivity index (χ4v) is 8.08. The molecule has 1 saturated heterocycles. The number of nitrogen functional groups attached to an aromatic ring is 1. The summed E-state index contributed by atoms with van der Waals surface area (Å²) in [5, 5.41) is 36.2. The number of anilines is 1. The van der Waals surface area contributed by atoms with Gasteiger partial charge < -0.3 is 30.3 Å². The van der Waals surface area contributed by atoms with Gasteiger partial charge in [-0.05, 0) is 43.0 Å². The van der Waals surface area contributed by atoms with E-state index >= 15 is 0 Å². The van der Waals surface area contributed by atoms with E-state index in [1.54, 1.807) is 12.1 Å². The molecule has 0 aliphatic carbocycles. The highest BCUT2D eigenvalue weighted by molar-refractivity contribution is 7.47. The van der Waals surface area contributed by atoms with Crippen molar-refractivity contribution < 1.29 is 38.2 Å². The third-order valence-electron chi connectivity index (χ3n) is 10.6. The average Bonchev–Trinajstić information content (AvgIpc) is 3.74. The molecule has 13 heteroatoms. The number of rotatable bonds is 29. The molecule has 306 valence electrons. The number of ether oxygens (including phenoxy) is 2. The van der Waals surface area contributed by atoms with Gasteiger partial charge in [-0.1, -0.05) is 134 Å². The standard InChI is InChI=1S/C42H65N4O8P/c1-2-3-4-5-6-7-8-9-10-11-12-13-14-15-16-20-29-51-30-35(24-23-34-21-18-17-19-22-34)31-52-55(49,50)53-32-38-40(47)41(48)42(33-43,54-38)39-26-25-37-36(44)27-28-45-46(37)39/h17-19,21-22,25-28,35,38,40-41,47-48H,2-16,20,23-24,29-32,44H2,1H3,(H,49,50)/t35-,38-,40-,41-,42+/m1/s1. The van der Waals surface area contributed by atoms with Crippen molar-refractivity contribution in [3.8, 4) is 6.07 Å². The van der Waals surface area contributed by atoms with Crippen LogP contribution in [0.25, 0.3) is 5.52 Å². The Hall–Kier alpha value is -2.85. The zero-order valence-corrected chi connectivity index (χ0v) is 33.7. The summed E-state index contributed by atoms with van der Waals surface area (Å²) < 4.78 is 37.0. The molecule has 0 saturated carbocycles. The number of aliphatic hydroxyl groups excluding tert-OH is 2. The van der Waals surface area contributed by atoms with E-state index in [9.17, 15) is 24.9 Å². The van der Waals surface area contributed by atoms with Crippen molar-refractivity contribution in [2.24, 2.45) is 5.92 Å². The van der Waals surface area contributed by atoms with Crippen LogP contribution in [0.5, 0.6) is 0 Å². The van der Waals surface area contributed by atoms with Gasteiger partial charge in [-0.15, -0.1) is 0 Å². The number of aromatic nitrogens is 2. The van der Waals surface area contributed by atoms with Crippen molar-refractivity contribution in [1.82, 2.24) is 9.61 Å². The molecule has 1 fully saturated rings. The van der Waals surface area contributed by atoms with E-state index in [4.69, 9.17) is 24.3 Å². The Morgan fingerprint density at radius 2 is 1.51 bits per heavy atom. The van der Waals surface area contributed by atoms with Gasteiger partial charge in [-0.2, -0.15) is 10.4 Å². The molecule has 1 aromatic carbocycles. The Kier molecular flexibility index (Phi) is 19.6. The molecule has 5 N–H and O–H groups in total. The van der Waals surface area contributed by atoms with Crippen LogP contribution < -0.4 is 5.73 Å². The number of phosphoric acid groups is 1. The molecule has 0 bridgehead atoms. The van der Waals surface area contributed by atoms with E-state index in [1.807, 2.05) is 36.4 Å². The first-order valence-electron chi connectivity index (χ1n) is 20.6. The Labute approximate surface area is 327 Å². The van der Waals surface area contributed by atoms with Crippen LogP contribution in [0.1, 0.15) is 127 Å². The van der Waals surface area contributed by atoms with Crippen LogP contribution in [-0.2, 0) is 35.1 Å². The Morgan fingerprint density at radius 3 is 2.13 bits per heavy atom. The topological polar surface area (TPSA) is 182 Å². The van der Waals surface area contributed by atoms with Crippen molar-refractivity contribution in [3.05, 3.63) is 66.0 Å². The summed E-state index contributed by atoms with van der Waals surface area (Å²) in [5.74, 6) is -0.172. The lowest BCUT2D eigenvalue weighted by molar-refractivity contribution is -0.0647. The number of hydrogen-bond donors (Lipinski definition) is 4. The first-order valence-corrected chi connectivity index (χ1v) is 22.1. The molecule has 55 heavy (non-hydrogen) atoms. The van der Waals surface area contributed by atoms with Gasteiger partial charge in [0.05, 0.1) is 36.7 Å². The number of aryl methyl sites for hydroxylation is 1. The number of fused-ring (bicyclic) bond motifs is 1. The predicted molar refractivity (Wildman–Crippen MR) is 214 cm³/mol. The van der Waals surface area contributed by atoms with Gasteiger partial charge in [-0.25, -0.2) is 9.08 Å². The zero-order valence-electron chi connectivity index (χ0n) is 32.8. The van der Waals surface area contributed by atoms with Gasteiger partial charge in [0.1, 0.15) is 24.4 Å². The second-order valence-electron chi connectivity index (χ2n) is 15.1. The minimum Gasteiger partial charge on any atom is -0.397 e. The van der Waals surface area contributed by atoms with Crippen LogP contribution in [0.2, 0.25) is 0 Å². The first-order chi connectivity index (χ1) is 26.7. The minimum absolute atomic E-state index is 0.0817. The number of aliphatic hydroxyl groups is 2. The minimum atomic E-state index is -4.62. The Bertz CT molecular complexity index is 1600. The number of unbranched alkanes of at least 4 members (excludes halogenated alkanes) is 15. The Balaban J connectivity index is 1.15. The van der Waals surface area contributed by atoms with E-state index in [0.717, 1.165) is 24.8 Å². The first kappa shape index (κ1) is 44.9. The van der Waals surface area contributed by atoms with E-state index in [1.165, 1.54) is 107 Å². The highest BCUT2D eigenvalue weighted by Gasteiger charge is 2.58. The van der Waals surface area contributed by atoms with E-state index in [0.29, 0.717) is 30.8 Å². The van der Waals surface area contributed by atoms with Gasteiger partial charge in [0.25, 0.3) is 0 Å². The molecule has 0 amide bonds. The summed E-state index contributed by atoms with van der Waals surface area (Å²) in [4.78, 5) is 10.6. The molecular formula is C42H65N4O8P. The highest BCUT2D eigenvalue weighted by Crippen LogP contribution is 2.46. The monoisotopic (exact) mass is 784 g/mol. The second-order valence-corrected chi connectivity index (χ2v) is 16.5. The molecule has 0 radical (unpaired) electrons. The summed E-state index contributed by atoms with van der Waals surface area (Å²) in [7, 11) is -4.62. The van der Waals surface area contributed by atoms with Gasteiger partial charge in [0.2, 0.25) is 5.60 Å². The molecule has 4 rings (SSSR count). The number of benzene rings is 1. The molecular weight excluding hydrogens is 719 g/mol. The van der Waals surface area contributed by atoms with Crippen LogP contribution in [-0.4, -0.2) is 69.5 Å². The lowest BCUT2D eigenvalue weighted by Gasteiger charge is -2.24. The summed E-state index contributed by atoms with van der Waals surface area (Å²) >= 11 is 0. The fraction of sp³-hybridized carbons (Fsp3) is 0.667. The summed E-state index contributed by atoms with van der Waals surface area (Å²) in [5.41, 5.74) is 6.17. The SMILES string of the molecule is CCCCCCCCCCCCCCCCCCOC[C@@H](CCc1ccccc1)COP(=O)(O)OC[C@H]1O[C@@](C#N)(c2ccc3c(N)ccnn23)[C@H](O)[C@@H]1O. The van der Waals surface area contributed by atoms with E-state index < -0.39 is 38.3 Å². The number of hydrogen-bond acceptors (Lipinski definition) is 10. The van der Waals surface area contributed by atoms with E-state index in [-0.39, 0.29) is 18.2 Å². The average molecular weight is 785 g/mol. The molecule has 2 aromatic heterocycles. The number of nitrogens with two attached hydrogens (primary N) is 1. The van der Waals surface area contributed by atoms with Crippen LogP contribution in [0, 0.1) is 17.2 Å². The molecule has 1 aliphatic heterocycles. The molecule has 1 aliphatic rings. The van der Waals surface area contributed by atoms with Crippen molar-refractivity contribution in [1.29, 1.82) is 5.26 Å². The maximum absolute atomic E-state index is 13.0. The fourth-order valence-electron chi connectivity index (χ4n) is 7.27. The summed E-state index contributed by atoms with van der Waals surface area (Å²) in [6.07, 6.45) is 19.2. The van der Waals surface area contributed by atoms with Crippen LogP contribution in [0.4, 0.5) is 5.69 Å². The Morgan fingerprint density at radius 1 is 0.891 bits per heavy atom. The predicted octanol–water partition coefficient (Wildman–Crippen LogP) is 8.42. The van der Waals surface area contributed by atoms with Crippen LogP contribution in [0.15, 0.2) is 54.7 Å². The maximum Gasteiger partial charge on any atom is 0.472 e. The van der Waals surface area contributed by atoms with E-state index in [2.05, 4.69) is 12.0 Å². The van der Waals surface area contributed by atoms with Crippen LogP contribution >= 0.6 is 7.82 Å². The third-order valence-corrected chi connectivity index (χ3v) is 11.6. The smallest absolute Gasteiger partial charge is 0.397 e. The van der Waals surface area contributed by atoms with Crippen LogP contribution in [0.3, 0.4) is 0 Å². The van der Waals surface area contributed by atoms with Crippen molar-refractivity contribution >= 4 is 19.0 Å². The normalized spacial score (nSPS) is 21.5. The van der Waals surface area contributed by atoms with Gasteiger partial charge in [0, 0.05) is 18.7 Å². The number of nitriles is 1. The van der Waals surface area contributed by atoms with Crippen molar-refractivity contribution in [2.75, 3.05) is 32.2 Å². The summed E-state index contributed by atoms with van der Waals surface area (Å²) in [6.45, 7) is 2.56. The molecule has 12 nitrogen and oxygen atoms in total. The molecule has 6 atom stereocenters. The number of nitrogens with zero attached hydrogens (tertiary/aromatic N) is 3. The molecule has 0 spiro atoms. The molecule has 3 heterocycles. The highest BCUT2D eigenvalue weighted by atomic mass is 31.2. The third kappa shape index (κ3) is 14.2. The summed E-state index contributed by atoms with van der Waals surface area (Å²) in [6, 6.07) is 16.7. The molecule has 3 aromatic rings. The maximum atomic E-state index is 13.0. The van der Waals surface area contributed by atoms with Gasteiger partial charge in [0.15, 0.2) is 0 Å². The van der Waals surface area contributed by atoms with Crippen molar-refractivity contribution in [2.45, 2.75) is 146 Å². The zero-order chi connectivity index (χ0) is 39.4. The molecule has 1 unspecified atom stereocenters. The number of phosphoric ester groups is 1. The quantitative estimate of drug-likeness (QED) is 0.0392. The second kappa shape index (κ2) is 24.0.